The fourth-order valence-corrected chi connectivity index (χ4v) is 2.09. The first-order valence-electron chi connectivity index (χ1n) is 4.01. The molecule has 1 aliphatic rings. The van der Waals surface area contributed by atoms with Crippen LogP contribution in [0.3, 0.4) is 0 Å². The zero-order valence-corrected chi connectivity index (χ0v) is 8.04. The average molecular weight is 198 g/mol. The maximum atomic E-state index is 10.9. The van der Waals surface area contributed by atoms with Gasteiger partial charge in [0.1, 0.15) is 12.2 Å². The van der Waals surface area contributed by atoms with E-state index in [9.17, 15) is 4.21 Å². The Balaban J connectivity index is 2.31. The highest BCUT2D eigenvalue weighted by molar-refractivity contribution is 7.75. The molecular weight excluding hydrogens is 188 g/mol. The molecule has 2 atom stereocenters. The van der Waals surface area contributed by atoms with Crippen molar-refractivity contribution in [3.05, 3.63) is 35.9 Å². The minimum Gasteiger partial charge on any atom is -0.265 e. The van der Waals surface area contributed by atoms with Crippen molar-refractivity contribution in [2.24, 2.45) is 0 Å². The molecule has 0 N–H and O–H groups in total. The molecule has 0 radical (unpaired) electrons. The van der Waals surface area contributed by atoms with Gasteiger partial charge in [-0.1, -0.05) is 30.3 Å². The van der Waals surface area contributed by atoms with E-state index in [1.807, 2.05) is 37.3 Å². The van der Waals surface area contributed by atoms with E-state index in [-0.39, 0.29) is 0 Å². The van der Waals surface area contributed by atoms with Crippen molar-refractivity contribution in [3.63, 3.8) is 0 Å². The van der Waals surface area contributed by atoms with Crippen molar-refractivity contribution in [3.8, 4) is 0 Å². The van der Waals surface area contributed by atoms with Gasteiger partial charge in [-0.05, 0) is 12.5 Å². The summed E-state index contributed by atoms with van der Waals surface area (Å²) in [7, 11) is 0. The lowest BCUT2D eigenvalue weighted by molar-refractivity contribution is 0.119. The molecule has 13 heavy (non-hydrogen) atoms. The average Bonchev–Trinajstić information content (AvgIpc) is 2.49. The Hall–Kier alpha value is -0.710. The molecule has 0 saturated carbocycles. The molecule has 0 amide bonds. The normalized spacial score (nSPS) is 33.5. The van der Waals surface area contributed by atoms with Gasteiger partial charge in [0.05, 0.1) is 0 Å². The molecule has 1 heterocycles. The third kappa shape index (κ3) is 1.65. The molecule has 2 unspecified atom stereocenters. The van der Waals surface area contributed by atoms with E-state index in [1.54, 1.807) is 0 Å². The van der Waals surface area contributed by atoms with E-state index in [2.05, 4.69) is 0 Å². The standard InChI is InChI=1S/C9H10O3S/c1-9(7-11-13(10)12-9)8-5-3-2-4-6-8/h2-6H,7H2,1H3. The maximum Gasteiger partial charge on any atom is 0.305 e. The van der Waals surface area contributed by atoms with Gasteiger partial charge in [-0.2, -0.15) is 4.21 Å². The Morgan fingerprint density at radius 3 is 2.62 bits per heavy atom. The van der Waals surface area contributed by atoms with Crippen LogP contribution in [-0.4, -0.2) is 10.8 Å². The van der Waals surface area contributed by atoms with Gasteiger partial charge in [0.15, 0.2) is 0 Å². The molecule has 1 aliphatic heterocycles. The summed E-state index contributed by atoms with van der Waals surface area (Å²) in [6.07, 6.45) is 0. The summed E-state index contributed by atoms with van der Waals surface area (Å²) in [5, 5.41) is 0. The molecule has 70 valence electrons. The van der Waals surface area contributed by atoms with Gasteiger partial charge in [0, 0.05) is 0 Å². The van der Waals surface area contributed by atoms with Gasteiger partial charge in [0.25, 0.3) is 0 Å². The fourth-order valence-electron chi connectivity index (χ4n) is 1.28. The third-order valence-electron chi connectivity index (χ3n) is 2.07. The van der Waals surface area contributed by atoms with E-state index in [0.29, 0.717) is 6.61 Å². The van der Waals surface area contributed by atoms with Gasteiger partial charge in [-0.3, -0.25) is 8.37 Å². The second-order valence-corrected chi connectivity index (χ2v) is 3.96. The van der Waals surface area contributed by atoms with Crippen molar-refractivity contribution in [1.82, 2.24) is 0 Å². The second-order valence-electron chi connectivity index (χ2n) is 3.15. The van der Waals surface area contributed by atoms with Crippen LogP contribution in [0.1, 0.15) is 12.5 Å². The lowest BCUT2D eigenvalue weighted by Gasteiger charge is -2.18. The summed E-state index contributed by atoms with van der Waals surface area (Å²) in [6, 6.07) is 9.65. The van der Waals surface area contributed by atoms with E-state index in [1.165, 1.54) is 0 Å². The monoisotopic (exact) mass is 198 g/mol. The largest absolute Gasteiger partial charge is 0.305 e. The van der Waals surface area contributed by atoms with E-state index in [0.717, 1.165) is 5.56 Å². The molecule has 2 rings (SSSR count). The van der Waals surface area contributed by atoms with E-state index in [4.69, 9.17) is 8.37 Å². The molecule has 1 fully saturated rings. The summed E-state index contributed by atoms with van der Waals surface area (Å²) >= 11 is -1.59. The Morgan fingerprint density at radius 2 is 2.08 bits per heavy atom. The van der Waals surface area contributed by atoms with Gasteiger partial charge in [0.2, 0.25) is 0 Å². The summed E-state index contributed by atoms with van der Waals surface area (Å²) in [5.41, 5.74) is 0.424. The first kappa shape index (κ1) is 8.87. The molecule has 4 heteroatoms. The van der Waals surface area contributed by atoms with Crippen molar-refractivity contribution < 1.29 is 12.6 Å². The van der Waals surface area contributed by atoms with Gasteiger partial charge in [-0.15, -0.1) is 0 Å². The van der Waals surface area contributed by atoms with Crippen LogP contribution in [0.4, 0.5) is 0 Å². The van der Waals surface area contributed by atoms with Crippen LogP contribution in [0.25, 0.3) is 0 Å². The predicted octanol–water partition coefficient (Wildman–Crippen LogP) is 1.53. The highest BCUT2D eigenvalue weighted by atomic mass is 32.2. The first-order chi connectivity index (χ1) is 6.21. The summed E-state index contributed by atoms with van der Waals surface area (Å²) in [6.45, 7) is 2.21. The van der Waals surface area contributed by atoms with Crippen molar-refractivity contribution in [2.75, 3.05) is 6.61 Å². The number of benzene rings is 1. The van der Waals surface area contributed by atoms with Crippen LogP contribution < -0.4 is 0 Å². The Bertz CT molecular complexity index is 325. The zero-order chi connectivity index (χ0) is 9.31. The molecule has 1 saturated heterocycles. The van der Waals surface area contributed by atoms with Gasteiger partial charge in [-0.25, -0.2) is 0 Å². The topological polar surface area (TPSA) is 35.5 Å². The van der Waals surface area contributed by atoms with Gasteiger partial charge >= 0.3 is 11.4 Å². The number of hydrogen-bond acceptors (Lipinski definition) is 3. The van der Waals surface area contributed by atoms with E-state index < -0.39 is 17.0 Å². The SMILES string of the molecule is CC1(c2ccccc2)COS(=O)O1. The van der Waals surface area contributed by atoms with Crippen LogP contribution in [0.15, 0.2) is 30.3 Å². The van der Waals surface area contributed by atoms with Crippen molar-refractivity contribution in [1.29, 1.82) is 0 Å². The molecule has 1 aromatic carbocycles. The molecule has 0 bridgehead atoms. The molecular formula is C9H10O3S. The molecule has 1 aromatic rings. The number of rotatable bonds is 1. The molecule has 3 nitrogen and oxygen atoms in total. The third-order valence-corrected chi connectivity index (χ3v) is 2.88. The van der Waals surface area contributed by atoms with Crippen LogP contribution in [0.5, 0.6) is 0 Å². The van der Waals surface area contributed by atoms with Crippen molar-refractivity contribution in [2.45, 2.75) is 12.5 Å². The van der Waals surface area contributed by atoms with E-state index >= 15 is 0 Å². The highest BCUT2D eigenvalue weighted by Crippen LogP contribution is 2.31. The smallest absolute Gasteiger partial charge is 0.265 e. The number of hydrogen-bond donors (Lipinski definition) is 0. The van der Waals surface area contributed by atoms with Crippen LogP contribution in [0.2, 0.25) is 0 Å². The second kappa shape index (κ2) is 3.21. The van der Waals surface area contributed by atoms with Crippen LogP contribution in [0, 0.1) is 0 Å². The van der Waals surface area contributed by atoms with Crippen LogP contribution in [-0.2, 0) is 25.3 Å². The predicted molar refractivity (Wildman–Crippen MR) is 49.0 cm³/mol. The Morgan fingerprint density at radius 1 is 1.38 bits per heavy atom. The fraction of sp³-hybridized carbons (Fsp3) is 0.333. The molecule has 0 spiro atoms. The minimum atomic E-state index is -1.59. The Kier molecular flexibility index (Phi) is 2.19. The summed E-state index contributed by atoms with van der Waals surface area (Å²) in [5.74, 6) is 0. The lowest BCUT2D eigenvalue weighted by atomic mass is 9.97. The molecule has 0 aromatic heterocycles. The quantitative estimate of drug-likeness (QED) is 0.686. The first-order valence-corrected chi connectivity index (χ1v) is 5.01. The summed E-state index contributed by atoms with van der Waals surface area (Å²) < 4.78 is 21.0. The summed E-state index contributed by atoms with van der Waals surface area (Å²) in [4.78, 5) is 0. The zero-order valence-electron chi connectivity index (χ0n) is 7.23. The minimum absolute atomic E-state index is 0.337. The highest BCUT2D eigenvalue weighted by Gasteiger charge is 2.37. The lowest BCUT2D eigenvalue weighted by Crippen LogP contribution is -2.23. The van der Waals surface area contributed by atoms with Crippen molar-refractivity contribution >= 4 is 11.4 Å². The Labute approximate surface area is 79.5 Å². The van der Waals surface area contributed by atoms with Gasteiger partial charge < -0.3 is 0 Å². The maximum absolute atomic E-state index is 10.9. The van der Waals surface area contributed by atoms with Crippen LogP contribution >= 0.6 is 0 Å². The molecule has 0 aliphatic carbocycles.